The quantitative estimate of drug-likeness (QED) is 0.176. The van der Waals surface area contributed by atoms with Crippen molar-refractivity contribution in [3.05, 3.63) is 235 Å². The molecule has 2 nitrogen and oxygen atoms in total. The minimum absolute atomic E-state index is 0.548. The van der Waals surface area contributed by atoms with Crippen LogP contribution in [0.4, 0.5) is 0 Å². The Morgan fingerprint density at radius 1 is 0.328 bits per heavy atom. The summed E-state index contributed by atoms with van der Waals surface area (Å²) in [7, 11) is 0. The van der Waals surface area contributed by atoms with E-state index in [1.807, 2.05) is 0 Å². The Balaban J connectivity index is 1.06. The van der Waals surface area contributed by atoms with Crippen LogP contribution in [0.2, 0.25) is 0 Å². The number of pyridine rings is 1. The second-order valence-electron chi connectivity index (χ2n) is 15.4. The van der Waals surface area contributed by atoms with Gasteiger partial charge in [-0.3, -0.25) is 0 Å². The van der Waals surface area contributed by atoms with Gasteiger partial charge in [0.1, 0.15) is 11.3 Å². The van der Waals surface area contributed by atoms with Crippen LogP contribution in [0.15, 0.2) is 217 Å². The molecule has 58 heavy (non-hydrogen) atoms. The maximum absolute atomic E-state index is 6.87. The van der Waals surface area contributed by atoms with Crippen molar-refractivity contribution in [3.63, 3.8) is 0 Å². The van der Waals surface area contributed by atoms with Crippen LogP contribution >= 0.6 is 0 Å². The van der Waals surface area contributed by atoms with Crippen molar-refractivity contribution in [1.82, 2.24) is 4.98 Å². The molecule has 0 aliphatic heterocycles. The summed E-state index contributed by atoms with van der Waals surface area (Å²) in [5.74, 6) is 0.963. The van der Waals surface area contributed by atoms with Crippen LogP contribution in [-0.4, -0.2) is 4.98 Å². The maximum Gasteiger partial charge on any atom is 0.140 e. The summed E-state index contributed by atoms with van der Waals surface area (Å²) >= 11 is 0. The molecule has 2 aromatic heterocycles. The molecule has 0 bridgehead atoms. The Morgan fingerprint density at radius 3 is 1.55 bits per heavy atom. The number of hydrogen-bond acceptors (Lipinski definition) is 2. The molecule has 0 saturated carbocycles. The van der Waals surface area contributed by atoms with Gasteiger partial charge in [-0.2, -0.15) is 0 Å². The largest absolute Gasteiger partial charge is 0.456 e. The highest BCUT2D eigenvalue weighted by Crippen LogP contribution is 2.66. The molecule has 12 rings (SSSR count). The van der Waals surface area contributed by atoms with Crippen molar-refractivity contribution in [2.45, 2.75) is 5.41 Å². The minimum atomic E-state index is -0.548. The average Bonchev–Trinajstić information content (AvgIpc) is 3.93. The molecule has 0 atom stereocenters. The van der Waals surface area contributed by atoms with Crippen molar-refractivity contribution in [2.24, 2.45) is 0 Å². The van der Waals surface area contributed by atoms with Gasteiger partial charge < -0.3 is 4.42 Å². The van der Waals surface area contributed by atoms with E-state index in [0.717, 1.165) is 61.5 Å². The van der Waals surface area contributed by atoms with Gasteiger partial charge in [-0.15, -0.1) is 0 Å². The van der Waals surface area contributed by atoms with E-state index < -0.39 is 5.41 Å². The van der Waals surface area contributed by atoms with Crippen molar-refractivity contribution in [1.29, 1.82) is 0 Å². The second-order valence-corrected chi connectivity index (χ2v) is 15.4. The average molecular weight is 738 g/mol. The van der Waals surface area contributed by atoms with Crippen LogP contribution in [-0.2, 0) is 5.41 Å². The van der Waals surface area contributed by atoms with Crippen LogP contribution in [0, 0.1) is 0 Å². The lowest BCUT2D eigenvalue weighted by Gasteiger charge is -2.31. The molecule has 1 spiro atoms. The molecule has 0 unspecified atom stereocenters. The SMILES string of the molecule is c1ccc(-c2ccc(-c3cc(-c4cccc(-c5cccc6c5C5(c7ccccc7-c7ccccc75)c5c-6oc6ccccc56)c4)cc(-c4ccccc4)n3)cc2)cc1. The van der Waals surface area contributed by atoms with Gasteiger partial charge in [0.15, 0.2) is 0 Å². The zero-order valence-corrected chi connectivity index (χ0v) is 31.6. The third kappa shape index (κ3) is 4.76. The highest BCUT2D eigenvalue weighted by Gasteiger charge is 2.55. The standard InChI is InChI=1S/C56H35NO/c1-3-15-36(16-4-1)37-29-31-39(32-30-37)51-35-42(34-50(57-51)38-17-5-2-6-18-38)40-19-13-20-41(33-40)43-24-14-25-47-53(43)56(54-46-23-9-12-28-52(46)58-55(47)54)48-26-10-7-21-44(48)45-22-8-11-27-49(45)56/h1-35H. The first-order valence-electron chi connectivity index (χ1n) is 20.0. The number of furan rings is 1. The van der Waals surface area contributed by atoms with Gasteiger partial charge in [0, 0.05) is 27.6 Å². The Morgan fingerprint density at radius 2 is 0.828 bits per heavy atom. The first kappa shape index (κ1) is 32.7. The molecule has 270 valence electrons. The summed E-state index contributed by atoms with van der Waals surface area (Å²) < 4.78 is 6.87. The van der Waals surface area contributed by atoms with E-state index in [-0.39, 0.29) is 0 Å². The zero-order chi connectivity index (χ0) is 38.2. The van der Waals surface area contributed by atoms with Gasteiger partial charge in [-0.05, 0) is 85.5 Å². The lowest BCUT2D eigenvalue weighted by Crippen LogP contribution is -2.26. The van der Waals surface area contributed by atoms with Crippen molar-refractivity contribution >= 4 is 11.0 Å². The summed E-state index contributed by atoms with van der Waals surface area (Å²) in [6, 6.07) is 76.6. The fourth-order valence-electron chi connectivity index (χ4n) is 9.82. The first-order valence-corrected chi connectivity index (χ1v) is 20.0. The monoisotopic (exact) mass is 737 g/mol. The maximum atomic E-state index is 6.87. The van der Waals surface area contributed by atoms with Crippen LogP contribution < -0.4 is 0 Å². The summed E-state index contributed by atoms with van der Waals surface area (Å²) in [4.78, 5) is 5.25. The third-order valence-electron chi connectivity index (χ3n) is 12.3. The van der Waals surface area contributed by atoms with E-state index in [1.54, 1.807) is 0 Å². The zero-order valence-electron chi connectivity index (χ0n) is 31.6. The van der Waals surface area contributed by atoms with Gasteiger partial charge in [0.2, 0.25) is 0 Å². The van der Waals surface area contributed by atoms with Crippen LogP contribution in [0.5, 0.6) is 0 Å². The van der Waals surface area contributed by atoms with Gasteiger partial charge >= 0.3 is 0 Å². The van der Waals surface area contributed by atoms with E-state index in [4.69, 9.17) is 9.40 Å². The summed E-state index contributed by atoms with van der Waals surface area (Å²) in [5.41, 5.74) is 20.3. The number of aromatic nitrogens is 1. The van der Waals surface area contributed by atoms with Crippen LogP contribution in [0.3, 0.4) is 0 Å². The molecule has 2 aliphatic carbocycles. The van der Waals surface area contributed by atoms with E-state index in [0.29, 0.717) is 0 Å². The highest BCUT2D eigenvalue weighted by atomic mass is 16.3. The molecule has 0 N–H and O–H groups in total. The topological polar surface area (TPSA) is 26.0 Å². The Hall–Kier alpha value is -7.55. The Kier molecular flexibility index (Phi) is 7.18. The number of rotatable bonds is 5. The molecule has 0 fully saturated rings. The van der Waals surface area contributed by atoms with Gasteiger partial charge in [-0.1, -0.05) is 188 Å². The molecule has 8 aromatic carbocycles. The van der Waals surface area contributed by atoms with Crippen molar-refractivity contribution < 1.29 is 4.42 Å². The molecule has 0 saturated heterocycles. The van der Waals surface area contributed by atoms with Gasteiger partial charge in [0.25, 0.3) is 0 Å². The van der Waals surface area contributed by atoms with E-state index in [9.17, 15) is 0 Å². The van der Waals surface area contributed by atoms with E-state index in [1.165, 1.54) is 50.1 Å². The molecular weight excluding hydrogens is 703 g/mol. The second kappa shape index (κ2) is 12.7. The minimum Gasteiger partial charge on any atom is -0.456 e. The fourth-order valence-corrected chi connectivity index (χ4v) is 9.82. The van der Waals surface area contributed by atoms with Gasteiger partial charge in [-0.25, -0.2) is 4.98 Å². The third-order valence-corrected chi connectivity index (χ3v) is 12.3. The van der Waals surface area contributed by atoms with Crippen LogP contribution in [0.25, 0.3) is 89.3 Å². The molecule has 2 heteroatoms. The van der Waals surface area contributed by atoms with Gasteiger partial charge in [0.05, 0.1) is 16.8 Å². The Labute approximate surface area is 337 Å². The van der Waals surface area contributed by atoms with Crippen molar-refractivity contribution in [3.8, 4) is 78.3 Å². The normalized spacial score (nSPS) is 13.0. The fraction of sp³-hybridized carbons (Fsp3) is 0.0179. The number of hydrogen-bond donors (Lipinski definition) is 0. The number of para-hydroxylation sites is 1. The predicted octanol–water partition coefficient (Wildman–Crippen LogP) is 14.5. The van der Waals surface area contributed by atoms with Crippen molar-refractivity contribution in [2.75, 3.05) is 0 Å². The highest BCUT2D eigenvalue weighted by molar-refractivity contribution is 6.04. The van der Waals surface area contributed by atoms with E-state index >= 15 is 0 Å². The van der Waals surface area contributed by atoms with Crippen LogP contribution in [0.1, 0.15) is 22.3 Å². The number of nitrogens with zero attached hydrogens (tertiary/aromatic N) is 1. The summed E-state index contributed by atoms with van der Waals surface area (Å²) in [5, 5.41) is 1.16. The predicted molar refractivity (Wildman–Crippen MR) is 237 cm³/mol. The summed E-state index contributed by atoms with van der Waals surface area (Å²) in [6.45, 7) is 0. The molecule has 0 amide bonds. The molecule has 0 radical (unpaired) electrons. The Bertz CT molecular complexity index is 3170. The molecule has 2 aliphatic rings. The molecular formula is C56H35NO. The smallest absolute Gasteiger partial charge is 0.140 e. The molecule has 2 heterocycles. The summed E-state index contributed by atoms with van der Waals surface area (Å²) in [6.07, 6.45) is 0. The molecule has 10 aromatic rings. The lowest BCUT2D eigenvalue weighted by atomic mass is 9.68. The lowest BCUT2D eigenvalue weighted by molar-refractivity contribution is 0.628. The number of benzene rings is 8. The first-order chi connectivity index (χ1) is 28.8. The number of fused-ring (bicyclic) bond motifs is 12. The van der Waals surface area contributed by atoms with E-state index in [2.05, 4.69) is 212 Å².